The van der Waals surface area contributed by atoms with E-state index in [0.29, 0.717) is 5.84 Å². The van der Waals surface area contributed by atoms with Crippen LogP contribution in [0.3, 0.4) is 0 Å². The lowest BCUT2D eigenvalue weighted by atomic mass is 9.86. The van der Waals surface area contributed by atoms with Gasteiger partial charge in [0.1, 0.15) is 5.84 Å². The summed E-state index contributed by atoms with van der Waals surface area (Å²) in [6.07, 6.45) is 0. The number of para-hydroxylation sites is 1. The molecule has 2 heteroatoms. The molecule has 0 amide bonds. The van der Waals surface area contributed by atoms with Gasteiger partial charge in [0, 0.05) is 16.9 Å². The molecule has 4 aromatic rings. The second-order valence-corrected chi connectivity index (χ2v) is 9.24. The fourth-order valence-corrected chi connectivity index (χ4v) is 3.87. The largest absolute Gasteiger partial charge is 0.295 e. The van der Waals surface area contributed by atoms with Gasteiger partial charge in [-0.2, -0.15) is 0 Å². The van der Waals surface area contributed by atoms with Gasteiger partial charge in [-0.3, -0.25) is 10.3 Å². The highest BCUT2D eigenvalue weighted by atomic mass is 15.2. The van der Waals surface area contributed by atoms with E-state index in [0.717, 1.165) is 28.1 Å². The van der Waals surface area contributed by atoms with Crippen molar-refractivity contribution in [3.8, 4) is 11.1 Å². The molecule has 164 valence electrons. The number of rotatable bonds is 5. The summed E-state index contributed by atoms with van der Waals surface area (Å²) in [4.78, 5) is 1.92. The number of anilines is 1. The summed E-state index contributed by atoms with van der Waals surface area (Å²) in [6.45, 7) is 11.0. The van der Waals surface area contributed by atoms with Crippen LogP contribution >= 0.6 is 0 Å². The van der Waals surface area contributed by atoms with Gasteiger partial charge < -0.3 is 0 Å². The normalized spacial score (nSPS) is 11.1. The molecule has 4 aromatic carbocycles. The molecule has 33 heavy (non-hydrogen) atoms. The minimum absolute atomic E-state index is 0.0895. The number of nitrogens with zero attached hydrogens (tertiary/aromatic N) is 1. The third-order valence-corrected chi connectivity index (χ3v) is 5.86. The number of amidine groups is 1. The lowest BCUT2D eigenvalue weighted by Gasteiger charge is -2.28. The summed E-state index contributed by atoms with van der Waals surface area (Å²) in [7, 11) is 0. The highest BCUT2D eigenvalue weighted by molar-refractivity contribution is 6.15. The van der Waals surface area contributed by atoms with Crippen molar-refractivity contribution >= 4 is 17.2 Å². The summed E-state index contributed by atoms with van der Waals surface area (Å²) in [6, 6.07) is 37.0. The molecule has 1 N–H and O–H groups in total. The van der Waals surface area contributed by atoms with Crippen LogP contribution < -0.4 is 4.90 Å². The first-order valence-electron chi connectivity index (χ1n) is 11.2. The van der Waals surface area contributed by atoms with Crippen molar-refractivity contribution in [2.24, 2.45) is 0 Å². The highest BCUT2D eigenvalue weighted by Gasteiger charge is 2.20. The molecule has 0 atom stereocenters. The lowest BCUT2D eigenvalue weighted by Crippen LogP contribution is -2.29. The zero-order chi connectivity index (χ0) is 23.4. The van der Waals surface area contributed by atoms with Crippen LogP contribution in [0.4, 0.5) is 5.69 Å². The zero-order valence-corrected chi connectivity index (χ0v) is 19.5. The van der Waals surface area contributed by atoms with E-state index in [1.165, 1.54) is 11.1 Å². The van der Waals surface area contributed by atoms with Gasteiger partial charge in [-0.15, -0.1) is 0 Å². The van der Waals surface area contributed by atoms with Crippen LogP contribution in [0, 0.1) is 5.41 Å². The molecule has 0 heterocycles. The molecule has 0 saturated carbocycles. The Kier molecular flexibility index (Phi) is 6.28. The molecule has 0 unspecified atom stereocenters. The Morgan fingerprint density at radius 1 is 0.636 bits per heavy atom. The van der Waals surface area contributed by atoms with Gasteiger partial charge in [0.15, 0.2) is 0 Å². The molecule has 2 nitrogen and oxygen atoms in total. The second-order valence-electron chi connectivity index (χ2n) is 9.24. The van der Waals surface area contributed by atoms with Crippen molar-refractivity contribution in [3.05, 3.63) is 132 Å². The Hall–Kier alpha value is -3.91. The Bertz CT molecular complexity index is 1230. The van der Waals surface area contributed by atoms with Crippen molar-refractivity contribution in [2.75, 3.05) is 4.90 Å². The molecule has 0 aliphatic carbocycles. The predicted octanol–water partition coefficient (Wildman–Crippen LogP) is 8.15. The van der Waals surface area contributed by atoms with Crippen LogP contribution in [-0.4, -0.2) is 5.84 Å². The fourth-order valence-electron chi connectivity index (χ4n) is 3.87. The average molecular weight is 431 g/mol. The lowest BCUT2D eigenvalue weighted by molar-refractivity contribution is 0.590. The van der Waals surface area contributed by atoms with Crippen LogP contribution in [0.25, 0.3) is 16.8 Å². The first-order valence-corrected chi connectivity index (χ1v) is 11.2. The number of hydrogen-bond donors (Lipinski definition) is 1. The van der Waals surface area contributed by atoms with E-state index in [1.807, 2.05) is 65.6 Å². The van der Waals surface area contributed by atoms with E-state index in [-0.39, 0.29) is 5.41 Å². The fraction of sp³-hybridized carbons (Fsp3) is 0.129. The molecule has 0 fully saturated rings. The predicted molar refractivity (Wildman–Crippen MR) is 142 cm³/mol. The van der Waals surface area contributed by atoms with Crippen LogP contribution in [0.1, 0.15) is 37.5 Å². The molecule has 0 saturated heterocycles. The van der Waals surface area contributed by atoms with Gasteiger partial charge in [-0.25, -0.2) is 0 Å². The highest BCUT2D eigenvalue weighted by Crippen LogP contribution is 2.30. The molecular formula is C31H30N2. The zero-order valence-electron chi connectivity index (χ0n) is 19.5. The van der Waals surface area contributed by atoms with Crippen molar-refractivity contribution in [2.45, 2.75) is 26.2 Å². The maximum atomic E-state index is 9.09. The third-order valence-electron chi connectivity index (χ3n) is 5.86. The molecule has 0 aliphatic heterocycles. The summed E-state index contributed by atoms with van der Waals surface area (Å²) in [5, 5.41) is 9.09. The summed E-state index contributed by atoms with van der Waals surface area (Å²) >= 11 is 0. The summed E-state index contributed by atoms with van der Waals surface area (Å²) < 4.78 is 0. The second kappa shape index (κ2) is 9.30. The topological polar surface area (TPSA) is 27.1 Å². The van der Waals surface area contributed by atoms with Gasteiger partial charge in [0.05, 0.1) is 0 Å². The smallest absolute Gasteiger partial charge is 0.137 e. The van der Waals surface area contributed by atoms with Crippen molar-refractivity contribution in [3.63, 3.8) is 0 Å². The van der Waals surface area contributed by atoms with E-state index in [1.54, 1.807) is 0 Å². The Labute approximate surface area is 197 Å². The quantitative estimate of drug-likeness (QED) is 0.251. The number of benzene rings is 4. The Morgan fingerprint density at radius 3 is 1.67 bits per heavy atom. The van der Waals surface area contributed by atoms with Crippen LogP contribution in [0.15, 0.2) is 116 Å². The minimum Gasteiger partial charge on any atom is -0.295 e. The van der Waals surface area contributed by atoms with Gasteiger partial charge in [-0.05, 0) is 39.8 Å². The van der Waals surface area contributed by atoms with E-state index in [2.05, 4.69) is 75.9 Å². The Balaban J connectivity index is 1.68. The van der Waals surface area contributed by atoms with E-state index in [4.69, 9.17) is 5.41 Å². The number of hydrogen-bond acceptors (Lipinski definition) is 1. The average Bonchev–Trinajstić information content (AvgIpc) is 2.85. The molecular weight excluding hydrogens is 400 g/mol. The van der Waals surface area contributed by atoms with E-state index < -0.39 is 0 Å². The molecule has 4 rings (SSSR count). The van der Waals surface area contributed by atoms with E-state index in [9.17, 15) is 0 Å². The minimum atomic E-state index is 0.0895. The van der Waals surface area contributed by atoms with Crippen LogP contribution in [0.5, 0.6) is 0 Å². The maximum Gasteiger partial charge on any atom is 0.137 e. The van der Waals surface area contributed by atoms with Gasteiger partial charge in [-0.1, -0.05) is 124 Å². The molecule has 0 radical (unpaired) electrons. The summed E-state index contributed by atoms with van der Waals surface area (Å²) in [5.41, 5.74) is 7.19. The molecule has 0 bridgehead atoms. The van der Waals surface area contributed by atoms with Crippen LogP contribution in [0.2, 0.25) is 0 Å². The van der Waals surface area contributed by atoms with Gasteiger partial charge in [0.25, 0.3) is 0 Å². The van der Waals surface area contributed by atoms with Gasteiger partial charge >= 0.3 is 0 Å². The number of nitrogens with one attached hydrogen (secondary N) is 1. The molecule has 0 aromatic heterocycles. The standard InChI is InChI=1S/C31H30N2/c1-23(24-19-21-28(22-20-24)31(2,3)4)33(29-13-9-6-10-14-29)30(32)27-17-15-26(16-18-27)25-11-7-5-8-12-25/h5-22,32H,1H2,2-4H3. The first kappa shape index (κ1) is 22.3. The Morgan fingerprint density at radius 2 is 1.12 bits per heavy atom. The van der Waals surface area contributed by atoms with Crippen molar-refractivity contribution in [1.29, 1.82) is 5.41 Å². The van der Waals surface area contributed by atoms with Crippen molar-refractivity contribution in [1.82, 2.24) is 0 Å². The SMILES string of the molecule is C=C(c1ccc(C(C)(C)C)cc1)N(C(=N)c1ccc(-c2ccccc2)cc1)c1ccccc1. The van der Waals surface area contributed by atoms with E-state index >= 15 is 0 Å². The monoisotopic (exact) mass is 430 g/mol. The summed E-state index contributed by atoms with van der Waals surface area (Å²) in [5.74, 6) is 0.394. The molecule has 0 aliphatic rings. The van der Waals surface area contributed by atoms with Crippen molar-refractivity contribution < 1.29 is 0 Å². The van der Waals surface area contributed by atoms with Gasteiger partial charge in [0.2, 0.25) is 0 Å². The molecule has 0 spiro atoms. The first-order chi connectivity index (χ1) is 15.8. The van der Waals surface area contributed by atoms with Crippen LogP contribution in [-0.2, 0) is 5.41 Å². The third kappa shape index (κ3) is 4.96. The maximum absolute atomic E-state index is 9.09.